The molecule has 0 aliphatic heterocycles. The van der Waals surface area contributed by atoms with Crippen molar-refractivity contribution in [1.82, 2.24) is 9.78 Å². The van der Waals surface area contributed by atoms with E-state index in [1.54, 1.807) is 12.2 Å². The van der Waals surface area contributed by atoms with Crippen molar-refractivity contribution in [3.63, 3.8) is 0 Å². The van der Waals surface area contributed by atoms with Gasteiger partial charge in [-0.2, -0.15) is 16.9 Å². The number of carbonyl (C=O) groups is 2. The maximum Gasteiger partial charge on any atom is 0.320 e. The minimum Gasteiger partial charge on any atom is -0.480 e. The van der Waals surface area contributed by atoms with E-state index in [4.69, 9.17) is 15.9 Å². The Morgan fingerprint density at radius 1 is 1.03 bits per heavy atom. The molecule has 1 aromatic heterocycles. The van der Waals surface area contributed by atoms with Crippen LogP contribution in [0.2, 0.25) is 0 Å². The second-order valence-electron chi connectivity index (χ2n) is 7.86. The lowest BCUT2D eigenvalue weighted by Gasteiger charge is -2.04. The van der Waals surface area contributed by atoms with E-state index < -0.39 is 12.0 Å². The summed E-state index contributed by atoms with van der Waals surface area (Å²) in [5.41, 5.74) is 9.03. The fourth-order valence-corrected chi connectivity index (χ4v) is 4.38. The van der Waals surface area contributed by atoms with Gasteiger partial charge < -0.3 is 10.8 Å². The quantitative estimate of drug-likeness (QED) is 0.254. The van der Waals surface area contributed by atoms with Crippen molar-refractivity contribution in [2.75, 3.05) is 11.5 Å². The summed E-state index contributed by atoms with van der Waals surface area (Å²) in [6, 6.07) is 23.3. The molecule has 6 nitrogen and oxygen atoms in total. The van der Waals surface area contributed by atoms with Crippen molar-refractivity contribution < 1.29 is 14.7 Å². The lowest BCUT2D eigenvalue weighted by molar-refractivity contribution is -0.138. The zero-order valence-corrected chi connectivity index (χ0v) is 19.3. The van der Waals surface area contributed by atoms with Crippen LogP contribution < -0.4 is 5.73 Å². The molecule has 0 radical (unpaired) electrons. The number of aliphatic carboxylic acids is 1. The van der Waals surface area contributed by atoms with Gasteiger partial charge in [-0.05, 0) is 53.3 Å². The van der Waals surface area contributed by atoms with Crippen molar-refractivity contribution in [1.29, 1.82) is 0 Å². The Morgan fingerprint density at radius 2 is 1.76 bits per heavy atom. The van der Waals surface area contributed by atoms with E-state index >= 15 is 0 Å². The second-order valence-corrected chi connectivity index (χ2v) is 8.97. The zero-order valence-electron chi connectivity index (χ0n) is 18.5. The molecule has 1 atom stereocenters. The molecule has 0 aliphatic carbocycles. The number of carbonyl (C=O) groups excluding carboxylic acids is 1. The van der Waals surface area contributed by atoms with Crippen LogP contribution in [-0.2, 0) is 9.59 Å². The standard InChI is InChI=1S/C27H25N3O3S/c28-25(27(32)33)14-15-34-18-24(31)13-12-22-17-30(23-8-2-1-3-9-23)29-26(22)21-11-10-19-6-4-5-7-20(19)16-21/h1-13,16-17,25H,14-15,18,28H2,(H,32,33)/t25-/m0/s1. The van der Waals surface area contributed by atoms with Crippen LogP contribution >= 0.6 is 11.8 Å². The predicted molar refractivity (Wildman–Crippen MR) is 138 cm³/mol. The Morgan fingerprint density at radius 3 is 2.53 bits per heavy atom. The van der Waals surface area contributed by atoms with E-state index in [0.29, 0.717) is 12.2 Å². The normalized spacial score (nSPS) is 12.3. The third-order valence-electron chi connectivity index (χ3n) is 5.37. The number of para-hydroxylation sites is 1. The van der Waals surface area contributed by atoms with E-state index in [0.717, 1.165) is 33.3 Å². The SMILES string of the molecule is N[C@@H](CCSCC(=O)C=Cc1cn(-c2ccccc2)nc1-c1ccc2ccccc2c1)C(=O)O. The average Bonchev–Trinajstić information content (AvgIpc) is 3.29. The molecule has 4 rings (SSSR count). The van der Waals surface area contributed by atoms with Crippen LogP contribution in [0.25, 0.3) is 33.8 Å². The highest BCUT2D eigenvalue weighted by Gasteiger charge is 2.13. The third kappa shape index (κ3) is 5.81. The molecule has 0 saturated carbocycles. The largest absolute Gasteiger partial charge is 0.480 e. The van der Waals surface area contributed by atoms with Gasteiger partial charge in [0.25, 0.3) is 0 Å². The van der Waals surface area contributed by atoms with E-state index in [9.17, 15) is 9.59 Å². The van der Waals surface area contributed by atoms with Crippen LogP contribution in [-0.4, -0.2) is 44.2 Å². The smallest absolute Gasteiger partial charge is 0.320 e. The number of ketones is 1. The number of allylic oxidation sites excluding steroid dienone is 1. The number of nitrogens with two attached hydrogens (primary N) is 1. The minimum absolute atomic E-state index is 0.0502. The highest BCUT2D eigenvalue weighted by atomic mass is 32.2. The monoisotopic (exact) mass is 471 g/mol. The first kappa shape index (κ1) is 23.5. The molecule has 1 heterocycles. The molecule has 3 aromatic carbocycles. The van der Waals surface area contributed by atoms with Gasteiger partial charge in [0, 0.05) is 17.3 Å². The van der Waals surface area contributed by atoms with Crippen molar-refractivity contribution in [3.05, 3.63) is 90.6 Å². The topological polar surface area (TPSA) is 98.2 Å². The highest BCUT2D eigenvalue weighted by molar-refractivity contribution is 7.99. The molecule has 0 unspecified atom stereocenters. The van der Waals surface area contributed by atoms with Gasteiger partial charge in [-0.1, -0.05) is 54.6 Å². The summed E-state index contributed by atoms with van der Waals surface area (Å²) in [4.78, 5) is 23.2. The molecule has 7 heteroatoms. The number of thioether (sulfide) groups is 1. The molecule has 0 saturated heterocycles. The van der Waals surface area contributed by atoms with Crippen LogP contribution in [0.5, 0.6) is 0 Å². The molecule has 34 heavy (non-hydrogen) atoms. The zero-order chi connectivity index (χ0) is 23.9. The number of carboxylic acids is 1. The minimum atomic E-state index is -1.02. The second kappa shape index (κ2) is 11.0. The van der Waals surface area contributed by atoms with E-state index in [2.05, 4.69) is 24.3 Å². The summed E-state index contributed by atoms with van der Waals surface area (Å²) in [6.07, 6.45) is 5.60. The van der Waals surface area contributed by atoms with Gasteiger partial charge in [-0.25, -0.2) is 4.68 Å². The first-order valence-corrected chi connectivity index (χ1v) is 12.1. The van der Waals surface area contributed by atoms with Crippen LogP contribution in [0, 0.1) is 0 Å². The summed E-state index contributed by atoms with van der Waals surface area (Å²) in [5.74, 6) is -0.295. The van der Waals surface area contributed by atoms with Crippen LogP contribution in [0.1, 0.15) is 12.0 Å². The van der Waals surface area contributed by atoms with Crippen molar-refractivity contribution >= 4 is 40.4 Å². The molecule has 172 valence electrons. The molecular weight excluding hydrogens is 446 g/mol. The van der Waals surface area contributed by atoms with E-state index in [1.807, 2.05) is 59.4 Å². The van der Waals surface area contributed by atoms with E-state index in [1.165, 1.54) is 11.8 Å². The number of fused-ring (bicyclic) bond motifs is 1. The number of benzene rings is 3. The number of carboxylic acid groups (broad SMARTS) is 1. The van der Waals surface area contributed by atoms with Gasteiger partial charge in [-0.3, -0.25) is 9.59 Å². The van der Waals surface area contributed by atoms with Gasteiger partial charge >= 0.3 is 5.97 Å². The summed E-state index contributed by atoms with van der Waals surface area (Å²) in [7, 11) is 0. The van der Waals surface area contributed by atoms with Crippen LogP contribution in [0.15, 0.2) is 85.1 Å². The molecule has 0 bridgehead atoms. The van der Waals surface area contributed by atoms with Crippen LogP contribution in [0.3, 0.4) is 0 Å². The van der Waals surface area contributed by atoms with Gasteiger partial charge in [0.15, 0.2) is 5.78 Å². The fraction of sp³-hybridized carbons (Fsp3) is 0.148. The third-order valence-corrected chi connectivity index (χ3v) is 6.38. The first-order valence-electron chi connectivity index (χ1n) is 10.9. The lowest BCUT2D eigenvalue weighted by Crippen LogP contribution is -2.30. The van der Waals surface area contributed by atoms with Crippen LogP contribution in [0.4, 0.5) is 0 Å². The number of rotatable bonds is 10. The molecule has 0 fully saturated rings. The highest BCUT2D eigenvalue weighted by Crippen LogP contribution is 2.28. The Kier molecular flexibility index (Phi) is 7.57. The summed E-state index contributed by atoms with van der Waals surface area (Å²) >= 11 is 1.38. The van der Waals surface area contributed by atoms with Gasteiger partial charge in [0.05, 0.1) is 17.1 Å². The van der Waals surface area contributed by atoms with E-state index in [-0.39, 0.29) is 11.5 Å². The number of nitrogens with zero attached hydrogens (tertiary/aromatic N) is 2. The molecule has 0 spiro atoms. The maximum absolute atomic E-state index is 12.4. The van der Waals surface area contributed by atoms with Gasteiger partial charge in [0.2, 0.25) is 0 Å². The Bertz CT molecular complexity index is 1330. The Labute approximate surface area is 202 Å². The molecule has 0 aliphatic rings. The first-order chi connectivity index (χ1) is 16.5. The summed E-state index contributed by atoms with van der Waals surface area (Å²) < 4.78 is 1.82. The number of hydrogen-bond donors (Lipinski definition) is 2. The molecule has 3 N–H and O–H groups in total. The molecular formula is C27H25N3O3S. The maximum atomic E-state index is 12.4. The predicted octanol–water partition coefficient (Wildman–Crippen LogP) is 4.81. The van der Waals surface area contributed by atoms with Gasteiger partial charge in [-0.15, -0.1) is 0 Å². The fourth-order valence-electron chi connectivity index (χ4n) is 3.52. The number of aromatic nitrogens is 2. The molecule has 4 aromatic rings. The average molecular weight is 472 g/mol. The summed E-state index contributed by atoms with van der Waals surface area (Å²) in [5, 5.41) is 15.9. The molecule has 0 amide bonds. The lowest BCUT2D eigenvalue weighted by atomic mass is 10.0. The van der Waals surface area contributed by atoms with Crippen molar-refractivity contribution in [2.24, 2.45) is 5.73 Å². The Balaban J connectivity index is 1.56. The van der Waals surface area contributed by atoms with Gasteiger partial charge in [0.1, 0.15) is 6.04 Å². The summed E-state index contributed by atoms with van der Waals surface area (Å²) in [6.45, 7) is 0. The number of hydrogen-bond acceptors (Lipinski definition) is 5. The Hall–Kier alpha value is -3.68. The van der Waals surface area contributed by atoms with Crippen molar-refractivity contribution in [3.8, 4) is 16.9 Å². The van der Waals surface area contributed by atoms with Crippen molar-refractivity contribution in [2.45, 2.75) is 12.5 Å².